The number of carbonyl (C=O) groups excluding carboxylic acids is 1. The van der Waals surface area contributed by atoms with E-state index in [9.17, 15) is 18.0 Å². The van der Waals surface area contributed by atoms with Gasteiger partial charge in [-0.3, -0.25) is 0 Å². The van der Waals surface area contributed by atoms with E-state index >= 15 is 0 Å². The van der Waals surface area contributed by atoms with Gasteiger partial charge in [-0.1, -0.05) is 23.7 Å². The largest absolute Gasteiger partial charge is 0.457 e. The van der Waals surface area contributed by atoms with E-state index in [-0.39, 0.29) is 22.1 Å². The van der Waals surface area contributed by atoms with Crippen molar-refractivity contribution >= 4 is 38.4 Å². The van der Waals surface area contributed by atoms with Crippen LogP contribution in [0.4, 0.5) is 0 Å². The van der Waals surface area contributed by atoms with E-state index in [1.807, 2.05) is 13.0 Å². The van der Waals surface area contributed by atoms with Crippen LogP contribution < -0.4 is 5.63 Å². The first-order valence-corrected chi connectivity index (χ1v) is 10.1. The van der Waals surface area contributed by atoms with Crippen molar-refractivity contribution in [3.63, 3.8) is 0 Å². The van der Waals surface area contributed by atoms with Crippen molar-refractivity contribution in [2.75, 3.05) is 6.26 Å². The van der Waals surface area contributed by atoms with Crippen LogP contribution in [0.5, 0.6) is 0 Å². The molecule has 0 N–H and O–H groups in total. The molecule has 0 aliphatic heterocycles. The molecule has 1 heterocycles. The van der Waals surface area contributed by atoms with Crippen LogP contribution in [0.15, 0.2) is 56.6 Å². The quantitative estimate of drug-likeness (QED) is 0.486. The molecule has 3 aromatic rings. The molecule has 8 heteroatoms. The summed E-state index contributed by atoms with van der Waals surface area (Å²) in [4.78, 5) is 24.1. The van der Waals surface area contributed by atoms with E-state index in [2.05, 4.69) is 0 Å². The lowest BCUT2D eigenvalue weighted by molar-refractivity contribution is 0.0473. The molecule has 3 rings (SSSR count). The number of hydrogen-bond donors (Lipinski definition) is 0. The Bertz CT molecular complexity index is 1210. The van der Waals surface area contributed by atoms with E-state index in [4.69, 9.17) is 20.8 Å². The average Bonchev–Trinajstić information content (AvgIpc) is 2.58. The first kappa shape index (κ1) is 19.1. The Morgan fingerprint density at radius 2 is 1.89 bits per heavy atom. The minimum absolute atomic E-state index is 0.0415. The summed E-state index contributed by atoms with van der Waals surface area (Å²) in [6.45, 7) is 1.67. The smallest absolute Gasteiger partial charge is 0.340 e. The fourth-order valence-corrected chi connectivity index (χ4v) is 3.41. The molecule has 0 amide bonds. The lowest BCUT2D eigenvalue weighted by Crippen LogP contribution is -2.09. The Morgan fingerprint density at radius 1 is 1.15 bits per heavy atom. The number of halogens is 1. The average molecular weight is 407 g/mol. The van der Waals surface area contributed by atoms with Crippen LogP contribution in [0.2, 0.25) is 5.02 Å². The number of ether oxygens (including phenoxy) is 1. The highest BCUT2D eigenvalue weighted by molar-refractivity contribution is 7.90. The van der Waals surface area contributed by atoms with Gasteiger partial charge in [0.05, 0.1) is 15.5 Å². The lowest BCUT2D eigenvalue weighted by atomic mass is 10.1. The zero-order valence-corrected chi connectivity index (χ0v) is 16.1. The normalized spacial score (nSPS) is 11.5. The van der Waals surface area contributed by atoms with Crippen molar-refractivity contribution in [2.24, 2.45) is 0 Å². The monoisotopic (exact) mass is 406 g/mol. The maximum Gasteiger partial charge on any atom is 0.340 e. The minimum atomic E-state index is -3.50. The van der Waals surface area contributed by atoms with Crippen LogP contribution in [0.1, 0.15) is 21.5 Å². The van der Waals surface area contributed by atoms with Crippen LogP contribution in [-0.2, 0) is 21.2 Å². The molecule has 0 aliphatic carbocycles. The highest BCUT2D eigenvalue weighted by atomic mass is 35.5. The van der Waals surface area contributed by atoms with Crippen molar-refractivity contribution < 1.29 is 22.4 Å². The van der Waals surface area contributed by atoms with E-state index < -0.39 is 21.4 Å². The molecule has 0 fully saturated rings. The number of carbonyl (C=O) groups is 1. The SMILES string of the molecule is Cc1ccc2c(COC(=O)c3cc(S(C)(=O)=O)ccc3Cl)cc(=O)oc2c1. The van der Waals surface area contributed by atoms with Gasteiger partial charge in [0.15, 0.2) is 9.84 Å². The van der Waals surface area contributed by atoms with Crippen LogP contribution >= 0.6 is 11.6 Å². The Balaban J connectivity index is 1.91. The maximum atomic E-state index is 12.4. The second kappa shape index (κ2) is 7.17. The fourth-order valence-electron chi connectivity index (χ4n) is 2.57. The van der Waals surface area contributed by atoms with Crippen molar-refractivity contribution in [2.45, 2.75) is 18.4 Å². The molecule has 0 saturated carbocycles. The summed E-state index contributed by atoms with van der Waals surface area (Å²) in [5.41, 5.74) is 1.17. The Hall–Kier alpha value is -2.64. The van der Waals surface area contributed by atoms with Crippen molar-refractivity contribution in [1.82, 2.24) is 0 Å². The van der Waals surface area contributed by atoms with E-state index in [0.717, 1.165) is 11.8 Å². The van der Waals surface area contributed by atoms with Crippen LogP contribution in [-0.4, -0.2) is 20.6 Å². The number of hydrogen-bond acceptors (Lipinski definition) is 6. The molecule has 6 nitrogen and oxygen atoms in total. The topological polar surface area (TPSA) is 90.7 Å². The van der Waals surface area contributed by atoms with Gasteiger partial charge in [0, 0.05) is 23.3 Å². The van der Waals surface area contributed by atoms with E-state index in [0.29, 0.717) is 16.5 Å². The molecule has 0 atom stereocenters. The summed E-state index contributed by atoms with van der Waals surface area (Å²) in [7, 11) is -3.50. The second-order valence-corrected chi connectivity index (χ2v) is 8.50. The van der Waals surface area contributed by atoms with Crippen LogP contribution in [0, 0.1) is 6.92 Å². The third kappa shape index (κ3) is 4.20. The van der Waals surface area contributed by atoms with E-state index in [1.54, 1.807) is 12.1 Å². The minimum Gasteiger partial charge on any atom is -0.457 e. The Morgan fingerprint density at radius 3 is 2.59 bits per heavy atom. The third-order valence-electron chi connectivity index (χ3n) is 3.93. The fraction of sp³-hybridized carbons (Fsp3) is 0.158. The molecular weight excluding hydrogens is 392 g/mol. The van der Waals surface area contributed by atoms with Crippen LogP contribution in [0.25, 0.3) is 11.0 Å². The van der Waals surface area contributed by atoms with Gasteiger partial charge < -0.3 is 9.15 Å². The number of fused-ring (bicyclic) bond motifs is 1. The molecule has 0 saturated heterocycles. The number of benzene rings is 2. The Kier molecular flexibility index (Phi) is 5.08. The standard InChI is InChI=1S/C19H15ClO6S/c1-11-3-5-14-12(8-18(21)26-17(14)7-11)10-25-19(22)15-9-13(27(2,23)24)4-6-16(15)20/h3-9H,10H2,1-2H3. The number of aryl methyl sites for hydroxylation is 1. The van der Waals surface area contributed by atoms with Gasteiger partial charge in [0.2, 0.25) is 0 Å². The van der Waals surface area contributed by atoms with Gasteiger partial charge in [-0.15, -0.1) is 0 Å². The molecule has 0 aliphatic rings. The number of esters is 1. The van der Waals surface area contributed by atoms with Crippen molar-refractivity contribution in [1.29, 1.82) is 0 Å². The molecule has 2 aromatic carbocycles. The highest BCUT2D eigenvalue weighted by Gasteiger charge is 2.17. The molecule has 0 radical (unpaired) electrons. The molecule has 140 valence electrons. The first-order valence-electron chi connectivity index (χ1n) is 7.85. The van der Waals surface area contributed by atoms with E-state index in [1.165, 1.54) is 24.3 Å². The van der Waals surface area contributed by atoms with Crippen LogP contribution in [0.3, 0.4) is 0 Å². The summed E-state index contributed by atoms with van der Waals surface area (Å²) in [6, 6.07) is 10.4. The summed E-state index contributed by atoms with van der Waals surface area (Å²) < 4.78 is 33.8. The molecule has 0 bridgehead atoms. The first-order chi connectivity index (χ1) is 12.6. The number of sulfone groups is 1. The highest BCUT2D eigenvalue weighted by Crippen LogP contribution is 2.23. The van der Waals surface area contributed by atoms with Gasteiger partial charge in [0.1, 0.15) is 12.2 Å². The zero-order chi connectivity index (χ0) is 19.8. The maximum absolute atomic E-state index is 12.4. The molecular formula is C19H15ClO6S. The summed E-state index contributed by atoms with van der Waals surface area (Å²) >= 11 is 6.00. The van der Waals surface area contributed by atoms with Gasteiger partial charge in [0.25, 0.3) is 0 Å². The zero-order valence-electron chi connectivity index (χ0n) is 14.5. The van der Waals surface area contributed by atoms with Gasteiger partial charge in [-0.2, -0.15) is 0 Å². The predicted octanol–water partition coefficient (Wildman–Crippen LogP) is 3.52. The molecule has 1 aromatic heterocycles. The lowest BCUT2D eigenvalue weighted by Gasteiger charge is -2.09. The third-order valence-corrected chi connectivity index (χ3v) is 5.37. The summed E-state index contributed by atoms with van der Waals surface area (Å²) in [5, 5.41) is 0.712. The van der Waals surface area contributed by atoms with Crippen molar-refractivity contribution in [3.05, 3.63) is 74.6 Å². The predicted molar refractivity (Wildman–Crippen MR) is 101 cm³/mol. The van der Waals surface area contributed by atoms with Gasteiger partial charge in [-0.05, 0) is 36.8 Å². The van der Waals surface area contributed by atoms with Gasteiger partial charge in [-0.25, -0.2) is 18.0 Å². The van der Waals surface area contributed by atoms with Gasteiger partial charge >= 0.3 is 11.6 Å². The number of rotatable bonds is 4. The second-order valence-electron chi connectivity index (χ2n) is 6.08. The summed E-state index contributed by atoms with van der Waals surface area (Å²) in [5.74, 6) is -0.793. The van der Waals surface area contributed by atoms with Crippen molar-refractivity contribution in [3.8, 4) is 0 Å². The molecule has 0 spiro atoms. The molecule has 0 unspecified atom stereocenters. The summed E-state index contributed by atoms with van der Waals surface area (Å²) in [6.07, 6.45) is 1.03. The Labute approximate surface area is 160 Å². The molecule has 27 heavy (non-hydrogen) atoms.